The zero-order valence-corrected chi connectivity index (χ0v) is 13.3. The van der Waals surface area contributed by atoms with E-state index in [1.165, 1.54) is 4.90 Å². The van der Waals surface area contributed by atoms with Crippen molar-refractivity contribution in [3.8, 4) is 0 Å². The number of nitrogens with zero attached hydrogens (tertiary/aromatic N) is 1. The summed E-state index contributed by atoms with van der Waals surface area (Å²) in [6, 6.07) is 5.18. The van der Waals surface area contributed by atoms with Crippen LogP contribution in [0.15, 0.2) is 22.7 Å². The summed E-state index contributed by atoms with van der Waals surface area (Å²) in [5.41, 5.74) is 6.63. The molecule has 6 heteroatoms. The van der Waals surface area contributed by atoms with Crippen LogP contribution >= 0.6 is 15.9 Å². The number of carbonyl (C=O) groups excluding carboxylic acids is 2. The second kappa shape index (κ2) is 5.33. The summed E-state index contributed by atoms with van der Waals surface area (Å²) in [6.45, 7) is 0.248. The fourth-order valence-electron chi connectivity index (χ4n) is 3.21. The van der Waals surface area contributed by atoms with Gasteiger partial charge in [-0.15, -0.1) is 0 Å². The highest BCUT2D eigenvalue weighted by Gasteiger charge is 2.51. The van der Waals surface area contributed by atoms with Gasteiger partial charge in [-0.3, -0.25) is 9.69 Å². The van der Waals surface area contributed by atoms with Crippen LogP contribution in [0.3, 0.4) is 0 Å². The van der Waals surface area contributed by atoms with Crippen LogP contribution in [0.25, 0.3) is 0 Å². The van der Waals surface area contributed by atoms with E-state index in [2.05, 4.69) is 21.2 Å². The van der Waals surface area contributed by atoms with Crippen molar-refractivity contribution >= 4 is 33.6 Å². The number of nitrogens with two attached hydrogens (primary N) is 1. The van der Waals surface area contributed by atoms with Crippen molar-refractivity contribution in [2.45, 2.75) is 44.2 Å². The van der Waals surface area contributed by atoms with Crippen LogP contribution in [0.1, 0.15) is 37.7 Å². The van der Waals surface area contributed by atoms with Gasteiger partial charge in [0.15, 0.2) is 0 Å². The van der Waals surface area contributed by atoms with Crippen molar-refractivity contribution in [3.63, 3.8) is 0 Å². The molecule has 1 saturated heterocycles. The van der Waals surface area contributed by atoms with E-state index in [0.29, 0.717) is 5.69 Å². The molecule has 2 aliphatic rings. The van der Waals surface area contributed by atoms with Crippen LogP contribution in [0.4, 0.5) is 10.5 Å². The smallest absolute Gasteiger partial charge is 0.325 e. The maximum absolute atomic E-state index is 12.7. The number of nitrogens with one attached hydrogen (secondary N) is 1. The van der Waals surface area contributed by atoms with Gasteiger partial charge >= 0.3 is 6.03 Å². The zero-order valence-electron chi connectivity index (χ0n) is 11.7. The highest BCUT2D eigenvalue weighted by atomic mass is 79.9. The van der Waals surface area contributed by atoms with Gasteiger partial charge in [0, 0.05) is 10.2 Å². The third kappa shape index (κ3) is 2.41. The first-order chi connectivity index (χ1) is 10.0. The Balaban J connectivity index is 1.84. The minimum absolute atomic E-state index is 0.0958. The van der Waals surface area contributed by atoms with E-state index < -0.39 is 5.54 Å². The number of halogens is 1. The van der Waals surface area contributed by atoms with Crippen molar-refractivity contribution < 1.29 is 9.59 Å². The fourth-order valence-corrected chi connectivity index (χ4v) is 3.60. The summed E-state index contributed by atoms with van der Waals surface area (Å²) in [4.78, 5) is 26.2. The third-order valence-electron chi connectivity index (χ3n) is 4.39. The van der Waals surface area contributed by atoms with Gasteiger partial charge in [0.1, 0.15) is 5.54 Å². The number of imide groups is 1. The van der Waals surface area contributed by atoms with Crippen molar-refractivity contribution in [1.29, 1.82) is 0 Å². The Labute approximate surface area is 132 Å². The standard InChI is InChI=1S/C15H18BrN3O2/c16-12-10(5-4-6-11(12)17)9-19-13(20)15(18-14(19)21)7-2-1-3-8-15/h4-6H,1-3,7-9,17H2,(H,18,21). The molecule has 21 heavy (non-hydrogen) atoms. The minimum Gasteiger partial charge on any atom is -0.398 e. The number of carbonyl (C=O) groups is 2. The minimum atomic E-state index is -0.665. The summed E-state index contributed by atoms with van der Waals surface area (Å²) in [5.74, 6) is -0.0958. The number of amides is 3. The number of urea groups is 1. The largest absolute Gasteiger partial charge is 0.398 e. The van der Waals surface area contributed by atoms with E-state index in [4.69, 9.17) is 5.73 Å². The molecule has 1 heterocycles. The molecule has 1 aromatic rings. The topological polar surface area (TPSA) is 75.4 Å². The normalized spacial score (nSPS) is 20.9. The molecule has 1 saturated carbocycles. The highest BCUT2D eigenvalue weighted by Crippen LogP contribution is 2.35. The number of anilines is 1. The maximum atomic E-state index is 12.7. The van der Waals surface area contributed by atoms with Crippen molar-refractivity contribution in [2.24, 2.45) is 0 Å². The van der Waals surface area contributed by atoms with Crippen LogP contribution < -0.4 is 11.1 Å². The number of hydrogen-bond donors (Lipinski definition) is 2. The molecule has 3 N–H and O–H groups in total. The van der Waals surface area contributed by atoms with Gasteiger partial charge in [0.25, 0.3) is 5.91 Å². The highest BCUT2D eigenvalue weighted by molar-refractivity contribution is 9.10. The third-order valence-corrected chi connectivity index (χ3v) is 5.36. The average Bonchev–Trinajstić information content (AvgIpc) is 2.69. The van der Waals surface area contributed by atoms with Gasteiger partial charge in [-0.05, 0) is 40.4 Å². The molecule has 5 nitrogen and oxygen atoms in total. The number of nitrogen functional groups attached to an aromatic ring is 1. The first kappa shape index (κ1) is 14.4. The van der Waals surface area contributed by atoms with Crippen LogP contribution in [0.2, 0.25) is 0 Å². The van der Waals surface area contributed by atoms with E-state index >= 15 is 0 Å². The quantitative estimate of drug-likeness (QED) is 0.635. The first-order valence-corrected chi connectivity index (χ1v) is 8.00. The Kier molecular flexibility index (Phi) is 3.65. The summed E-state index contributed by atoms with van der Waals surface area (Å²) in [6.07, 6.45) is 4.59. The Hall–Kier alpha value is -1.56. The molecule has 112 valence electrons. The lowest BCUT2D eigenvalue weighted by molar-refractivity contribution is -0.132. The van der Waals surface area contributed by atoms with Gasteiger partial charge in [0.05, 0.1) is 6.54 Å². The monoisotopic (exact) mass is 351 g/mol. The van der Waals surface area contributed by atoms with Gasteiger partial charge in [0.2, 0.25) is 0 Å². The molecule has 1 aliphatic heterocycles. The Morgan fingerprint density at radius 3 is 2.67 bits per heavy atom. The van der Waals surface area contributed by atoms with Crippen molar-refractivity contribution in [2.75, 3.05) is 5.73 Å². The molecule has 3 rings (SSSR count). The van der Waals surface area contributed by atoms with Gasteiger partial charge in [-0.2, -0.15) is 0 Å². The number of rotatable bonds is 2. The van der Waals surface area contributed by atoms with Gasteiger partial charge < -0.3 is 11.1 Å². The lowest BCUT2D eigenvalue weighted by atomic mass is 9.82. The predicted octanol–water partition coefficient (Wildman–Crippen LogP) is 2.79. The predicted molar refractivity (Wildman–Crippen MR) is 83.5 cm³/mol. The second-order valence-corrected chi connectivity index (χ2v) is 6.58. The molecule has 0 bridgehead atoms. The zero-order chi connectivity index (χ0) is 15.0. The molecule has 0 aromatic heterocycles. The molecule has 1 spiro atoms. The van der Waals surface area contributed by atoms with Crippen LogP contribution in [0, 0.1) is 0 Å². The van der Waals surface area contributed by atoms with Gasteiger partial charge in [-0.25, -0.2) is 4.79 Å². The lowest BCUT2D eigenvalue weighted by Gasteiger charge is -2.30. The molecular formula is C15H18BrN3O2. The Morgan fingerprint density at radius 1 is 1.24 bits per heavy atom. The van der Waals surface area contributed by atoms with Gasteiger partial charge in [-0.1, -0.05) is 31.4 Å². The van der Waals surface area contributed by atoms with E-state index in [0.717, 1.165) is 42.1 Å². The summed E-state index contributed by atoms with van der Waals surface area (Å²) >= 11 is 3.42. The van der Waals surface area contributed by atoms with E-state index in [1.54, 1.807) is 6.07 Å². The summed E-state index contributed by atoms with van der Waals surface area (Å²) in [7, 11) is 0. The lowest BCUT2D eigenvalue weighted by Crippen LogP contribution is -2.48. The number of benzene rings is 1. The van der Waals surface area contributed by atoms with Crippen LogP contribution in [-0.2, 0) is 11.3 Å². The second-order valence-electron chi connectivity index (χ2n) is 5.78. The summed E-state index contributed by atoms with van der Waals surface area (Å²) < 4.78 is 0.746. The average molecular weight is 352 g/mol. The molecule has 0 atom stereocenters. The Bertz CT molecular complexity index is 597. The molecule has 1 aromatic carbocycles. The number of hydrogen-bond acceptors (Lipinski definition) is 3. The maximum Gasteiger partial charge on any atom is 0.325 e. The van der Waals surface area contributed by atoms with Crippen molar-refractivity contribution in [3.05, 3.63) is 28.2 Å². The molecule has 1 aliphatic carbocycles. The first-order valence-electron chi connectivity index (χ1n) is 7.20. The van der Waals surface area contributed by atoms with E-state index in [1.807, 2.05) is 12.1 Å². The molecular weight excluding hydrogens is 334 g/mol. The molecule has 0 radical (unpaired) electrons. The molecule has 2 fully saturated rings. The van der Waals surface area contributed by atoms with Crippen molar-refractivity contribution in [1.82, 2.24) is 10.2 Å². The fraction of sp³-hybridized carbons (Fsp3) is 0.467. The summed E-state index contributed by atoms with van der Waals surface area (Å²) in [5, 5.41) is 2.91. The van der Waals surface area contributed by atoms with Crippen LogP contribution in [-0.4, -0.2) is 22.4 Å². The molecule has 3 amide bonds. The van der Waals surface area contributed by atoms with E-state index in [9.17, 15) is 9.59 Å². The SMILES string of the molecule is Nc1cccc(CN2C(=O)NC3(CCCCC3)C2=O)c1Br. The van der Waals surface area contributed by atoms with Crippen LogP contribution in [0.5, 0.6) is 0 Å². The Morgan fingerprint density at radius 2 is 1.95 bits per heavy atom. The van der Waals surface area contributed by atoms with E-state index in [-0.39, 0.29) is 18.5 Å². The molecule has 0 unspecified atom stereocenters.